The highest BCUT2D eigenvalue weighted by Crippen LogP contribution is 2.39. The molecule has 0 unspecified atom stereocenters. The summed E-state index contributed by atoms with van der Waals surface area (Å²) in [5.41, 5.74) is 5.53. The van der Waals surface area contributed by atoms with Crippen molar-refractivity contribution in [3.8, 4) is 16.9 Å². The third-order valence-electron chi connectivity index (χ3n) is 7.43. The molecule has 210 valence electrons. The Kier molecular flexibility index (Phi) is 8.01. The Balaban J connectivity index is 1.23. The highest BCUT2D eigenvalue weighted by atomic mass is 32.1. The molecule has 0 saturated carbocycles. The molecule has 1 N–H and O–H groups in total. The summed E-state index contributed by atoms with van der Waals surface area (Å²) < 4.78 is 5.65. The van der Waals surface area contributed by atoms with Gasteiger partial charge >= 0.3 is 0 Å². The summed E-state index contributed by atoms with van der Waals surface area (Å²) in [7, 11) is 1.54. The monoisotopic (exact) mass is 573 g/mol. The van der Waals surface area contributed by atoms with Gasteiger partial charge in [-0.25, -0.2) is 0 Å². The van der Waals surface area contributed by atoms with Crippen LogP contribution in [-0.2, 0) is 6.54 Å². The van der Waals surface area contributed by atoms with Crippen LogP contribution in [0.5, 0.6) is 5.75 Å². The minimum atomic E-state index is -0.249. The zero-order valence-electron chi connectivity index (χ0n) is 23.3. The number of nitrogens with zero attached hydrogens (tertiary/aromatic N) is 2. The van der Waals surface area contributed by atoms with Crippen LogP contribution < -0.4 is 19.9 Å². The van der Waals surface area contributed by atoms with E-state index in [-0.39, 0.29) is 11.8 Å². The van der Waals surface area contributed by atoms with Crippen molar-refractivity contribution < 1.29 is 14.3 Å². The predicted octanol–water partition coefficient (Wildman–Crippen LogP) is 7.73. The maximum absolute atomic E-state index is 13.9. The lowest BCUT2D eigenvalue weighted by molar-refractivity contribution is 0.0986. The molecule has 0 fully saturated rings. The first-order chi connectivity index (χ1) is 20.6. The van der Waals surface area contributed by atoms with Gasteiger partial charge in [-0.05, 0) is 58.8 Å². The van der Waals surface area contributed by atoms with E-state index in [0.29, 0.717) is 29.1 Å². The van der Waals surface area contributed by atoms with Gasteiger partial charge in [-0.15, -0.1) is 11.3 Å². The van der Waals surface area contributed by atoms with Crippen molar-refractivity contribution in [2.24, 2.45) is 0 Å². The van der Waals surface area contributed by atoms with Crippen LogP contribution in [0.2, 0.25) is 0 Å². The van der Waals surface area contributed by atoms with E-state index < -0.39 is 0 Å². The highest BCUT2D eigenvalue weighted by molar-refractivity contribution is 7.15. The predicted molar refractivity (Wildman–Crippen MR) is 171 cm³/mol. The van der Waals surface area contributed by atoms with Crippen molar-refractivity contribution in [2.45, 2.75) is 13.0 Å². The SMILES string of the molecule is COc1cc(C(=O)N2CCCN(Cc3ccccc3)c3sccc32)ccc1NC(=O)c1ccccc1-c1ccccc1. The van der Waals surface area contributed by atoms with Crippen molar-refractivity contribution in [2.75, 3.05) is 35.3 Å². The number of hydrogen-bond donors (Lipinski definition) is 1. The quantitative estimate of drug-likeness (QED) is 0.216. The molecular weight excluding hydrogens is 542 g/mol. The third-order valence-corrected chi connectivity index (χ3v) is 8.39. The molecule has 1 aromatic heterocycles. The van der Waals surface area contributed by atoms with E-state index in [4.69, 9.17) is 4.74 Å². The second kappa shape index (κ2) is 12.3. The van der Waals surface area contributed by atoms with Crippen molar-refractivity contribution in [3.63, 3.8) is 0 Å². The van der Waals surface area contributed by atoms with Gasteiger partial charge in [0.2, 0.25) is 0 Å². The van der Waals surface area contributed by atoms with Gasteiger partial charge in [-0.2, -0.15) is 0 Å². The van der Waals surface area contributed by atoms with Gasteiger partial charge in [-0.3, -0.25) is 9.59 Å². The molecule has 7 heteroatoms. The first-order valence-corrected chi connectivity index (χ1v) is 14.8. The number of hydrogen-bond acceptors (Lipinski definition) is 5. The summed E-state index contributed by atoms with van der Waals surface area (Å²) in [4.78, 5) is 31.5. The fourth-order valence-corrected chi connectivity index (χ4v) is 6.30. The Morgan fingerprint density at radius 2 is 1.60 bits per heavy atom. The van der Waals surface area contributed by atoms with E-state index in [1.165, 1.54) is 5.56 Å². The maximum Gasteiger partial charge on any atom is 0.258 e. The third kappa shape index (κ3) is 5.64. The number of anilines is 3. The summed E-state index contributed by atoms with van der Waals surface area (Å²) in [5, 5.41) is 6.13. The normalized spacial score (nSPS) is 12.8. The number of benzene rings is 4. The van der Waals surface area contributed by atoms with Gasteiger partial charge in [0.05, 0.1) is 18.5 Å². The summed E-state index contributed by atoms with van der Waals surface area (Å²) in [6, 6.07) is 35.0. The Bertz CT molecular complexity index is 1700. The molecule has 0 aliphatic carbocycles. The summed E-state index contributed by atoms with van der Waals surface area (Å²) in [6.07, 6.45) is 0.853. The number of ether oxygens (including phenoxy) is 1. The van der Waals surface area contributed by atoms with Crippen molar-refractivity contribution in [1.82, 2.24) is 0 Å². The number of carbonyl (C=O) groups excluding carboxylic acids is 2. The van der Waals surface area contributed by atoms with E-state index >= 15 is 0 Å². The highest BCUT2D eigenvalue weighted by Gasteiger charge is 2.27. The van der Waals surface area contributed by atoms with Crippen LogP contribution in [0, 0.1) is 0 Å². The van der Waals surface area contributed by atoms with E-state index in [2.05, 4.69) is 34.5 Å². The lowest BCUT2D eigenvalue weighted by atomic mass is 9.99. The largest absolute Gasteiger partial charge is 0.495 e. The van der Waals surface area contributed by atoms with Gasteiger partial charge < -0.3 is 19.9 Å². The van der Waals surface area contributed by atoms with Crippen LogP contribution in [0.4, 0.5) is 16.4 Å². The lowest BCUT2D eigenvalue weighted by Crippen LogP contribution is -2.31. The van der Waals surface area contributed by atoms with Gasteiger partial charge in [0, 0.05) is 30.8 Å². The summed E-state index contributed by atoms with van der Waals surface area (Å²) in [6.45, 7) is 2.28. The first-order valence-electron chi connectivity index (χ1n) is 13.9. The molecule has 1 aliphatic rings. The zero-order chi connectivity index (χ0) is 28.9. The zero-order valence-corrected chi connectivity index (χ0v) is 24.1. The van der Waals surface area contributed by atoms with Gasteiger partial charge in [0.25, 0.3) is 11.8 Å². The van der Waals surface area contributed by atoms with Crippen LogP contribution in [0.1, 0.15) is 32.7 Å². The van der Waals surface area contributed by atoms with Crippen molar-refractivity contribution in [3.05, 3.63) is 131 Å². The lowest BCUT2D eigenvalue weighted by Gasteiger charge is -2.24. The Morgan fingerprint density at radius 1 is 0.857 bits per heavy atom. The topological polar surface area (TPSA) is 61.9 Å². The van der Waals surface area contributed by atoms with Gasteiger partial charge in [0.1, 0.15) is 10.8 Å². The molecule has 0 bridgehead atoms. The minimum absolute atomic E-state index is 0.0955. The summed E-state index contributed by atoms with van der Waals surface area (Å²) >= 11 is 1.66. The Hall–Kier alpha value is -4.88. The standard InChI is InChI=1S/C35H31N3O3S/c1-41-32-23-27(17-18-30(32)36-33(39)29-16-9-8-15-28(29)26-13-6-3-7-14-26)34(40)38-21-10-20-37(35-31(38)19-22-42-35)24-25-11-4-2-5-12-25/h2-9,11-19,22-23H,10,20-21,24H2,1H3,(H,36,39). The van der Waals surface area contributed by atoms with E-state index in [1.54, 1.807) is 42.7 Å². The van der Waals surface area contributed by atoms with Crippen LogP contribution in [0.15, 0.2) is 115 Å². The molecule has 6 nitrogen and oxygen atoms in total. The molecule has 42 heavy (non-hydrogen) atoms. The van der Waals surface area contributed by atoms with E-state index in [1.807, 2.05) is 70.9 Å². The minimum Gasteiger partial charge on any atom is -0.495 e. The number of nitrogens with one attached hydrogen (secondary N) is 1. The fourth-order valence-electron chi connectivity index (χ4n) is 5.37. The molecular formula is C35H31N3O3S. The average molecular weight is 574 g/mol. The van der Waals surface area contributed by atoms with Crippen LogP contribution in [-0.4, -0.2) is 32.0 Å². The smallest absolute Gasteiger partial charge is 0.258 e. The van der Waals surface area contributed by atoms with E-state index in [0.717, 1.165) is 41.3 Å². The molecule has 0 atom stereocenters. The second-order valence-electron chi connectivity index (χ2n) is 10.1. The molecule has 6 rings (SSSR count). The molecule has 0 saturated heterocycles. The number of thiophene rings is 1. The number of carbonyl (C=O) groups is 2. The van der Waals surface area contributed by atoms with Crippen LogP contribution in [0.3, 0.4) is 0 Å². The molecule has 5 aromatic rings. The maximum atomic E-state index is 13.9. The first kappa shape index (κ1) is 27.3. The number of methoxy groups -OCH3 is 1. The van der Waals surface area contributed by atoms with Crippen LogP contribution in [0.25, 0.3) is 11.1 Å². The fraction of sp³-hybridized carbons (Fsp3) is 0.143. The number of fused-ring (bicyclic) bond motifs is 1. The second-order valence-corrected chi connectivity index (χ2v) is 11.0. The van der Waals surface area contributed by atoms with Crippen LogP contribution >= 0.6 is 11.3 Å². The average Bonchev–Trinajstić information content (AvgIpc) is 3.46. The number of rotatable bonds is 7. The molecule has 2 amide bonds. The van der Waals surface area contributed by atoms with Crippen molar-refractivity contribution in [1.29, 1.82) is 0 Å². The molecule has 0 radical (unpaired) electrons. The molecule has 2 heterocycles. The molecule has 1 aliphatic heterocycles. The van der Waals surface area contributed by atoms with E-state index in [9.17, 15) is 9.59 Å². The molecule has 4 aromatic carbocycles. The van der Waals surface area contributed by atoms with Gasteiger partial charge in [-0.1, -0.05) is 78.9 Å². The van der Waals surface area contributed by atoms with Crippen molar-refractivity contribution >= 4 is 39.5 Å². The number of amides is 2. The Morgan fingerprint density at radius 3 is 2.38 bits per heavy atom. The van der Waals surface area contributed by atoms with Gasteiger partial charge in [0.15, 0.2) is 0 Å². The summed E-state index contributed by atoms with van der Waals surface area (Å²) in [5.74, 6) is 0.0834. The Labute approximate surface area is 249 Å². The molecule has 0 spiro atoms.